The lowest BCUT2D eigenvalue weighted by Crippen LogP contribution is -2.56. The molecule has 1 saturated heterocycles. The zero-order chi connectivity index (χ0) is 12.9. The van der Waals surface area contributed by atoms with Crippen molar-refractivity contribution in [1.82, 2.24) is 5.32 Å². The zero-order valence-corrected chi connectivity index (χ0v) is 10.1. The van der Waals surface area contributed by atoms with E-state index in [1.165, 1.54) is 0 Å². The predicted molar refractivity (Wildman–Crippen MR) is 61.4 cm³/mol. The van der Waals surface area contributed by atoms with E-state index in [4.69, 9.17) is 15.6 Å². The highest BCUT2D eigenvalue weighted by molar-refractivity contribution is 5.87. The van der Waals surface area contributed by atoms with Crippen LogP contribution in [-0.4, -0.2) is 41.8 Å². The van der Waals surface area contributed by atoms with E-state index >= 15 is 0 Å². The van der Waals surface area contributed by atoms with Gasteiger partial charge >= 0.3 is 5.97 Å². The summed E-state index contributed by atoms with van der Waals surface area (Å²) in [5, 5.41) is 11.5. The number of nitrogens with one attached hydrogen (secondary N) is 1. The molecule has 6 nitrogen and oxygen atoms in total. The SMILES string of the molecule is CCCC(CC(=O)O)NC(=O)C1(N)CCOC1. The molecule has 6 heteroatoms. The fourth-order valence-electron chi connectivity index (χ4n) is 1.87. The highest BCUT2D eigenvalue weighted by atomic mass is 16.5. The maximum atomic E-state index is 11.9. The summed E-state index contributed by atoms with van der Waals surface area (Å²) in [4.78, 5) is 22.6. The Morgan fingerprint density at radius 2 is 2.29 bits per heavy atom. The molecular formula is C11H20N2O4. The largest absolute Gasteiger partial charge is 0.481 e. The van der Waals surface area contributed by atoms with Crippen LogP contribution in [0.3, 0.4) is 0 Å². The van der Waals surface area contributed by atoms with E-state index in [0.29, 0.717) is 19.4 Å². The Bertz CT molecular complexity index is 287. The highest BCUT2D eigenvalue weighted by Crippen LogP contribution is 2.16. The van der Waals surface area contributed by atoms with E-state index in [-0.39, 0.29) is 25.0 Å². The minimum absolute atomic E-state index is 0.0729. The number of aliphatic carboxylic acids is 1. The Morgan fingerprint density at radius 1 is 1.59 bits per heavy atom. The Morgan fingerprint density at radius 3 is 2.76 bits per heavy atom. The van der Waals surface area contributed by atoms with Crippen molar-refractivity contribution in [2.75, 3.05) is 13.2 Å². The minimum Gasteiger partial charge on any atom is -0.481 e. The molecule has 0 bridgehead atoms. The van der Waals surface area contributed by atoms with Crippen molar-refractivity contribution in [1.29, 1.82) is 0 Å². The number of ether oxygens (including phenoxy) is 1. The molecule has 1 amide bonds. The molecule has 0 aromatic carbocycles. The number of carbonyl (C=O) groups is 2. The number of carboxylic acids is 1. The van der Waals surface area contributed by atoms with Gasteiger partial charge in [0.2, 0.25) is 5.91 Å². The first-order valence-electron chi connectivity index (χ1n) is 5.87. The molecule has 2 unspecified atom stereocenters. The lowest BCUT2D eigenvalue weighted by molar-refractivity contribution is -0.138. The first-order chi connectivity index (χ1) is 7.98. The molecule has 1 heterocycles. The molecule has 0 saturated carbocycles. The van der Waals surface area contributed by atoms with Gasteiger partial charge in [-0.05, 0) is 12.8 Å². The van der Waals surface area contributed by atoms with Gasteiger partial charge in [-0.2, -0.15) is 0 Å². The molecule has 98 valence electrons. The first-order valence-corrected chi connectivity index (χ1v) is 5.87. The number of hydrogen-bond donors (Lipinski definition) is 3. The van der Waals surface area contributed by atoms with Crippen molar-refractivity contribution in [3.8, 4) is 0 Å². The monoisotopic (exact) mass is 244 g/mol. The van der Waals surface area contributed by atoms with Crippen molar-refractivity contribution in [3.63, 3.8) is 0 Å². The molecule has 4 N–H and O–H groups in total. The second-order valence-electron chi connectivity index (χ2n) is 4.52. The summed E-state index contributed by atoms with van der Waals surface area (Å²) < 4.78 is 5.10. The summed E-state index contributed by atoms with van der Waals surface area (Å²) in [5.74, 6) is -1.23. The fraction of sp³-hybridized carbons (Fsp3) is 0.818. The fourth-order valence-corrected chi connectivity index (χ4v) is 1.87. The Hall–Kier alpha value is -1.14. The molecule has 0 spiro atoms. The number of hydrogen-bond acceptors (Lipinski definition) is 4. The molecule has 2 atom stereocenters. The smallest absolute Gasteiger partial charge is 0.305 e. The van der Waals surface area contributed by atoms with Crippen LogP contribution >= 0.6 is 0 Å². The standard InChI is InChI=1S/C11H20N2O4/c1-2-3-8(6-9(14)15)13-10(16)11(12)4-5-17-7-11/h8H,2-7,12H2,1H3,(H,13,16)(H,14,15). The van der Waals surface area contributed by atoms with Gasteiger partial charge in [0.15, 0.2) is 0 Å². The quantitative estimate of drug-likeness (QED) is 0.604. The van der Waals surface area contributed by atoms with Crippen LogP contribution in [0.4, 0.5) is 0 Å². The molecule has 0 radical (unpaired) electrons. The molecule has 1 aliphatic rings. The van der Waals surface area contributed by atoms with E-state index in [1.807, 2.05) is 6.92 Å². The summed E-state index contributed by atoms with van der Waals surface area (Å²) in [5.41, 5.74) is 4.90. The zero-order valence-electron chi connectivity index (χ0n) is 10.1. The van der Waals surface area contributed by atoms with Gasteiger partial charge in [-0.25, -0.2) is 0 Å². The molecule has 17 heavy (non-hydrogen) atoms. The average molecular weight is 244 g/mol. The van der Waals surface area contributed by atoms with Crippen LogP contribution in [0.25, 0.3) is 0 Å². The topological polar surface area (TPSA) is 102 Å². The van der Waals surface area contributed by atoms with Gasteiger partial charge in [0.1, 0.15) is 5.54 Å². The number of carbonyl (C=O) groups excluding carboxylic acids is 1. The summed E-state index contributed by atoms with van der Waals surface area (Å²) in [6.45, 7) is 2.62. The summed E-state index contributed by atoms with van der Waals surface area (Å²) >= 11 is 0. The number of rotatable bonds is 6. The maximum Gasteiger partial charge on any atom is 0.305 e. The third kappa shape index (κ3) is 3.98. The third-order valence-corrected chi connectivity index (χ3v) is 2.90. The molecule has 1 aliphatic heterocycles. The lowest BCUT2D eigenvalue weighted by Gasteiger charge is -2.24. The van der Waals surface area contributed by atoms with E-state index < -0.39 is 11.5 Å². The van der Waals surface area contributed by atoms with E-state index in [2.05, 4.69) is 5.32 Å². The van der Waals surface area contributed by atoms with Gasteiger partial charge in [0, 0.05) is 12.6 Å². The first kappa shape index (κ1) is 13.9. The summed E-state index contributed by atoms with van der Waals surface area (Å²) in [6.07, 6.45) is 1.85. The van der Waals surface area contributed by atoms with E-state index in [9.17, 15) is 9.59 Å². The van der Waals surface area contributed by atoms with Crippen LogP contribution in [-0.2, 0) is 14.3 Å². The van der Waals surface area contributed by atoms with Crippen molar-refractivity contribution in [2.24, 2.45) is 5.73 Å². The molecular weight excluding hydrogens is 224 g/mol. The minimum atomic E-state index is -0.996. The second kappa shape index (κ2) is 5.97. The van der Waals surface area contributed by atoms with Gasteiger partial charge in [-0.15, -0.1) is 0 Å². The van der Waals surface area contributed by atoms with Crippen molar-refractivity contribution in [3.05, 3.63) is 0 Å². The highest BCUT2D eigenvalue weighted by Gasteiger charge is 2.39. The number of nitrogens with two attached hydrogens (primary N) is 1. The van der Waals surface area contributed by atoms with Crippen molar-refractivity contribution >= 4 is 11.9 Å². The van der Waals surface area contributed by atoms with Crippen LogP contribution < -0.4 is 11.1 Å². The number of amides is 1. The molecule has 0 aromatic heterocycles. The van der Waals surface area contributed by atoms with Crippen LogP contribution in [0.1, 0.15) is 32.6 Å². The Labute approximate surface area is 101 Å². The van der Waals surface area contributed by atoms with Gasteiger partial charge in [0.25, 0.3) is 0 Å². The molecule has 1 fully saturated rings. The molecule has 0 aliphatic carbocycles. The lowest BCUT2D eigenvalue weighted by atomic mass is 9.98. The van der Waals surface area contributed by atoms with Crippen LogP contribution in [0, 0.1) is 0 Å². The average Bonchev–Trinajstić information content (AvgIpc) is 2.66. The Balaban J connectivity index is 2.53. The van der Waals surface area contributed by atoms with E-state index in [0.717, 1.165) is 6.42 Å². The van der Waals surface area contributed by atoms with Crippen molar-refractivity contribution < 1.29 is 19.4 Å². The predicted octanol–water partition coefficient (Wildman–Crippen LogP) is -0.136. The third-order valence-electron chi connectivity index (χ3n) is 2.90. The molecule has 1 rings (SSSR count). The summed E-state index contributed by atoms with van der Waals surface area (Å²) in [7, 11) is 0. The van der Waals surface area contributed by atoms with Crippen LogP contribution in [0.15, 0.2) is 0 Å². The van der Waals surface area contributed by atoms with Crippen LogP contribution in [0.2, 0.25) is 0 Å². The van der Waals surface area contributed by atoms with Gasteiger partial charge < -0.3 is 20.9 Å². The van der Waals surface area contributed by atoms with Gasteiger partial charge in [0.05, 0.1) is 13.0 Å². The number of carboxylic acid groups (broad SMARTS) is 1. The Kier molecular flexibility index (Phi) is 4.89. The second-order valence-corrected chi connectivity index (χ2v) is 4.52. The van der Waals surface area contributed by atoms with Crippen LogP contribution in [0.5, 0.6) is 0 Å². The maximum absolute atomic E-state index is 11.9. The van der Waals surface area contributed by atoms with E-state index in [1.54, 1.807) is 0 Å². The van der Waals surface area contributed by atoms with Gasteiger partial charge in [-0.1, -0.05) is 13.3 Å². The van der Waals surface area contributed by atoms with Gasteiger partial charge in [-0.3, -0.25) is 9.59 Å². The van der Waals surface area contributed by atoms with Crippen molar-refractivity contribution in [2.45, 2.75) is 44.2 Å². The summed E-state index contributed by atoms with van der Waals surface area (Å²) in [6, 6.07) is -0.356. The normalized spacial score (nSPS) is 25.5. The molecule has 0 aromatic rings.